The Morgan fingerprint density at radius 2 is 2.04 bits per heavy atom. The van der Waals surface area contributed by atoms with Crippen LogP contribution in [0.5, 0.6) is 0 Å². The lowest BCUT2D eigenvalue weighted by Gasteiger charge is -2.26. The van der Waals surface area contributed by atoms with E-state index in [-0.39, 0.29) is 12.2 Å². The van der Waals surface area contributed by atoms with E-state index in [9.17, 15) is 22.8 Å². The largest absolute Gasteiger partial charge is 0.467 e. The molecule has 1 aliphatic rings. The number of halogens is 3. The lowest BCUT2D eigenvalue weighted by atomic mass is 9.92. The highest BCUT2D eigenvalue weighted by Crippen LogP contribution is 2.33. The molecule has 1 unspecified atom stereocenters. The fraction of sp³-hybridized carbons (Fsp3) is 0.438. The first-order chi connectivity index (χ1) is 11.7. The van der Waals surface area contributed by atoms with Crippen molar-refractivity contribution in [1.82, 2.24) is 5.32 Å². The monoisotopic (exact) mass is 374 g/mol. The van der Waals surface area contributed by atoms with Crippen molar-refractivity contribution in [3.8, 4) is 0 Å². The lowest BCUT2D eigenvalue weighted by molar-refractivity contribution is -0.149. The summed E-state index contributed by atoms with van der Waals surface area (Å²) in [5.74, 6) is -0.711. The second kappa shape index (κ2) is 7.47. The van der Waals surface area contributed by atoms with Gasteiger partial charge in [-0.25, -0.2) is 4.79 Å². The van der Waals surface area contributed by atoms with Crippen LogP contribution in [0.25, 0.3) is 0 Å². The second-order valence-corrected chi connectivity index (χ2v) is 6.77. The zero-order chi connectivity index (χ0) is 18.7. The van der Waals surface area contributed by atoms with Crippen molar-refractivity contribution in [2.75, 3.05) is 12.9 Å². The fourth-order valence-corrected chi connectivity index (χ4v) is 3.49. The van der Waals surface area contributed by atoms with Crippen molar-refractivity contribution in [3.05, 3.63) is 35.4 Å². The molecule has 0 aromatic heterocycles. The number of esters is 1. The molecule has 0 bridgehead atoms. The van der Waals surface area contributed by atoms with Crippen LogP contribution in [0.1, 0.15) is 18.1 Å². The quantitative estimate of drug-likeness (QED) is 0.613. The Bertz CT molecular complexity index is 676. The SMILES string of the molecule is COC(=O)[C@](C)(Cc1ccc(C2=NC(C(F)(F)F)CS2)cc1)NC=O. The van der Waals surface area contributed by atoms with Gasteiger partial charge in [0.1, 0.15) is 5.54 Å². The number of carbonyl (C=O) groups is 2. The van der Waals surface area contributed by atoms with Gasteiger partial charge < -0.3 is 10.1 Å². The van der Waals surface area contributed by atoms with Gasteiger partial charge in [-0.15, -0.1) is 11.8 Å². The van der Waals surface area contributed by atoms with E-state index in [0.29, 0.717) is 17.0 Å². The molecule has 136 valence electrons. The van der Waals surface area contributed by atoms with E-state index in [2.05, 4.69) is 10.3 Å². The molecule has 5 nitrogen and oxygen atoms in total. The maximum atomic E-state index is 12.7. The van der Waals surface area contributed by atoms with Crippen molar-refractivity contribution in [2.24, 2.45) is 4.99 Å². The third-order valence-electron chi connectivity index (χ3n) is 3.80. The van der Waals surface area contributed by atoms with Crippen LogP contribution in [-0.4, -0.2) is 48.0 Å². The number of carbonyl (C=O) groups excluding carboxylic acids is 2. The van der Waals surface area contributed by atoms with Gasteiger partial charge in [-0.2, -0.15) is 13.2 Å². The van der Waals surface area contributed by atoms with Crippen molar-refractivity contribution in [1.29, 1.82) is 0 Å². The van der Waals surface area contributed by atoms with Crippen LogP contribution in [0, 0.1) is 0 Å². The number of hydrogen-bond donors (Lipinski definition) is 1. The van der Waals surface area contributed by atoms with Crippen LogP contribution < -0.4 is 5.32 Å². The van der Waals surface area contributed by atoms with E-state index in [0.717, 1.165) is 17.3 Å². The molecule has 1 aromatic rings. The van der Waals surface area contributed by atoms with E-state index in [1.165, 1.54) is 14.0 Å². The maximum Gasteiger partial charge on any atom is 0.411 e. The lowest BCUT2D eigenvalue weighted by Crippen LogP contribution is -2.51. The van der Waals surface area contributed by atoms with Gasteiger partial charge in [0.25, 0.3) is 0 Å². The van der Waals surface area contributed by atoms with Crippen molar-refractivity contribution < 1.29 is 27.5 Å². The number of hydrogen-bond acceptors (Lipinski definition) is 5. The summed E-state index contributed by atoms with van der Waals surface area (Å²) in [7, 11) is 1.22. The van der Waals surface area contributed by atoms with Gasteiger partial charge in [0.2, 0.25) is 6.41 Å². The first kappa shape index (κ1) is 19.3. The maximum absolute atomic E-state index is 12.7. The molecule has 0 radical (unpaired) electrons. The second-order valence-electron chi connectivity index (χ2n) is 5.76. The van der Waals surface area contributed by atoms with Crippen molar-refractivity contribution >= 4 is 29.2 Å². The first-order valence-corrected chi connectivity index (χ1v) is 8.34. The van der Waals surface area contributed by atoms with E-state index in [1.807, 2.05) is 0 Å². The zero-order valence-electron chi connectivity index (χ0n) is 13.6. The first-order valence-electron chi connectivity index (χ1n) is 7.36. The van der Waals surface area contributed by atoms with Gasteiger partial charge in [0.15, 0.2) is 6.04 Å². The Hall–Kier alpha value is -2.03. The number of benzene rings is 1. The van der Waals surface area contributed by atoms with Crippen LogP contribution in [0.4, 0.5) is 13.2 Å². The minimum Gasteiger partial charge on any atom is -0.467 e. The van der Waals surface area contributed by atoms with E-state index in [4.69, 9.17) is 4.74 Å². The van der Waals surface area contributed by atoms with Gasteiger partial charge in [-0.1, -0.05) is 24.3 Å². The fourth-order valence-electron chi connectivity index (χ4n) is 2.41. The summed E-state index contributed by atoms with van der Waals surface area (Å²) in [6.45, 7) is 1.53. The third kappa shape index (κ3) is 4.53. The van der Waals surface area contributed by atoms with Gasteiger partial charge in [-0.3, -0.25) is 9.79 Å². The molecule has 1 amide bonds. The predicted molar refractivity (Wildman–Crippen MR) is 88.6 cm³/mol. The number of rotatable bonds is 6. The average molecular weight is 374 g/mol. The van der Waals surface area contributed by atoms with Crippen LogP contribution in [-0.2, 0) is 20.7 Å². The summed E-state index contributed by atoms with van der Waals surface area (Å²) in [5, 5.41) is 2.79. The van der Waals surface area contributed by atoms with Crippen LogP contribution in [0.3, 0.4) is 0 Å². The highest BCUT2D eigenvalue weighted by molar-refractivity contribution is 8.14. The Morgan fingerprint density at radius 1 is 1.40 bits per heavy atom. The Labute approximate surface area is 147 Å². The summed E-state index contributed by atoms with van der Waals surface area (Å²) < 4.78 is 42.7. The minimum atomic E-state index is -4.34. The number of nitrogens with zero attached hydrogens (tertiary/aromatic N) is 1. The summed E-state index contributed by atoms with van der Waals surface area (Å²) in [6, 6.07) is 5.00. The summed E-state index contributed by atoms with van der Waals surface area (Å²) in [5.41, 5.74) is 0.0875. The molecule has 1 N–H and O–H groups in total. The molecule has 0 fully saturated rings. The minimum absolute atomic E-state index is 0.121. The number of nitrogens with one attached hydrogen (secondary N) is 1. The van der Waals surface area contributed by atoms with Gasteiger partial charge in [0.05, 0.1) is 12.2 Å². The van der Waals surface area contributed by atoms with Gasteiger partial charge in [-0.05, 0) is 12.5 Å². The molecule has 0 spiro atoms. The van der Waals surface area contributed by atoms with Crippen LogP contribution >= 0.6 is 11.8 Å². The van der Waals surface area contributed by atoms with Gasteiger partial charge in [0, 0.05) is 17.7 Å². The smallest absolute Gasteiger partial charge is 0.411 e. The third-order valence-corrected chi connectivity index (χ3v) is 4.90. The molecule has 25 heavy (non-hydrogen) atoms. The highest BCUT2D eigenvalue weighted by Gasteiger charge is 2.42. The molecule has 2 rings (SSSR count). The predicted octanol–water partition coefficient (Wildman–Crippen LogP) is 2.33. The molecule has 9 heteroatoms. The molecular formula is C16H17F3N2O3S. The molecule has 0 saturated heterocycles. The summed E-state index contributed by atoms with van der Waals surface area (Å²) in [4.78, 5) is 26.3. The average Bonchev–Trinajstić information content (AvgIpc) is 3.05. The molecule has 1 heterocycles. The number of methoxy groups -OCH3 is 1. The van der Waals surface area contributed by atoms with Crippen LogP contribution in [0.2, 0.25) is 0 Å². The Morgan fingerprint density at radius 3 is 2.52 bits per heavy atom. The highest BCUT2D eigenvalue weighted by atomic mass is 32.2. The number of thioether (sulfide) groups is 1. The van der Waals surface area contributed by atoms with E-state index < -0.39 is 23.7 Å². The molecular weight excluding hydrogens is 357 g/mol. The number of alkyl halides is 3. The van der Waals surface area contributed by atoms with E-state index >= 15 is 0 Å². The molecule has 0 aliphatic carbocycles. The van der Waals surface area contributed by atoms with Gasteiger partial charge >= 0.3 is 12.1 Å². The molecule has 0 saturated carbocycles. The normalized spacial score (nSPS) is 19.7. The standard InChI is InChI=1S/C16H17F3N2O3S/c1-15(20-9-22,14(23)24-2)7-10-3-5-11(6-4-10)13-21-12(8-25-13)16(17,18)19/h3-6,9,12H,7-8H2,1-2H3,(H,20,22)/t12?,15-/m0/s1. The Balaban J connectivity index is 2.15. The number of ether oxygens (including phenoxy) is 1. The zero-order valence-corrected chi connectivity index (χ0v) is 14.4. The number of amides is 1. The Kier molecular flexibility index (Phi) is 5.76. The molecule has 2 atom stereocenters. The van der Waals surface area contributed by atoms with Crippen molar-refractivity contribution in [2.45, 2.75) is 31.1 Å². The summed E-state index contributed by atoms with van der Waals surface area (Å²) in [6.07, 6.45) is -3.73. The topological polar surface area (TPSA) is 67.8 Å². The van der Waals surface area contributed by atoms with Crippen LogP contribution in [0.15, 0.2) is 29.3 Å². The van der Waals surface area contributed by atoms with E-state index in [1.54, 1.807) is 24.3 Å². The summed E-state index contributed by atoms with van der Waals surface area (Å²) >= 11 is 1.06. The molecule has 1 aromatic carbocycles. The molecule has 1 aliphatic heterocycles. The number of aliphatic imine (C=N–C) groups is 1. The van der Waals surface area contributed by atoms with Crippen molar-refractivity contribution in [3.63, 3.8) is 0 Å².